The number of nitrogens with zero attached hydrogens (tertiary/aromatic N) is 2. The molecule has 4 rings (SSSR count). The molecule has 2 amide bonds. The zero-order chi connectivity index (χ0) is 24.5. The molecule has 1 heterocycles. The Kier molecular flexibility index (Phi) is 8.97. The lowest BCUT2D eigenvalue weighted by atomic mass is 9.77. The smallest absolute Gasteiger partial charge is 0.257 e. The van der Waals surface area contributed by atoms with E-state index < -0.39 is 0 Å². The molecule has 35 heavy (non-hydrogen) atoms. The molecule has 1 aliphatic rings. The van der Waals surface area contributed by atoms with E-state index in [1.807, 2.05) is 30.3 Å². The van der Waals surface area contributed by atoms with Gasteiger partial charge in [-0.15, -0.1) is 10.2 Å². The van der Waals surface area contributed by atoms with Crippen molar-refractivity contribution in [3.05, 3.63) is 76.3 Å². The Balaban J connectivity index is 1.24. The van der Waals surface area contributed by atoms with Gasteiger partial charge < -0.3 is 10.1 Å². The number of anilines is 1. The number of ether oxygens (including phenoxy) is 1. The van der Waals surface area contributed by atoms with Gasteiger partial charge in [-0.1, -0.05) is 53.8 Å². The minimum absolute atomic E-state index is 0.114. The second kappa shape index (κ2) is 12.6. The first kappa shape index (κ1) is 25.0. The minimum atomic E-state index is -0.179. The molecule has 2 aromatic carbocycles. The number of benzene rings is 2. The van der Waals surface area contributed by atoms with Crippen molar-refractivity contribution in [1.82, 2.24) is 15.5 Å². The van der Waals surface area contributed by atoms with E-state index in [2.05, 4.69) is 45.1 Å². The van der Waals surface area contributed by atoms with Gasteiger partial charge in [0.2, 0.25) is 11.0 Å². The van der Waals surface area contributed by atoms with E-state index in [4.69, 9.17) is 4.74 Å². The molecule has 184 valence electrons. The summed E-state index contributed by atoms with van der Waals surface area (Å²) in [6, 6.07) is 18.0. The number of hydrogen-bond acceptors (Lipinski definition) is 6. The highest BCUT2D eigenvalue weighted by atomic mass is 32.1. The van der Waals surface area contributed by atoms with Crippen molar-refractivity contribution >= 4 is 28.3 Å². The third-order valence-corrected chi connectivity index (χ3v) is 7.32. The molecule has 3 aromatic rings. The maximum Gasteiger partial charge on any atom is 0.257 e. The van der Waals surface area contributed by atoms with Gasteiger partial charge >= 0.3 is 0 Å². The largest absolute Gasteiger partial charge is 0.383 e. The number of nitrogens with one attached hydrogen (secondary N) is 2. The highest BCUT2D eigenvalue weighted by Gasteiger charge is 2.24. The van der Waals surface area contributed by atoms with Gasteiger partial charge in [-0.3, -0.25) is 14.9 Å². The van der Waals surface area contributed by atoms with Gasteiger partial charge in [-0.25, -0.2) is 0 Å². The van der Waals surface area contributed by atoms with Crippen molar-refractivity contribution < 1.29 is 14.3 Å². The summed E-state index contributed by atoms with van der Waals surface area (Å²) in [5.41, 5.74) is 3.03. The van der Waals surface area contributed by atoms with Crippen molar-refractivity contribution in [2.45, 2.75) is 44.4 Å². The minimum Gasteiger partial charge on any atom is -0.383 e. The highest BCUT2D eigenvalue weighted by molar-refractivity contribution is 7.15. The second-order valence-electron chi connectivity index (χ2n) is 9.00. The number of aromatic nitrogens is 2. The van der Waals surface area contributed by atoms with Crippen LogP contribution in [0.3, 0.4) is 0 Å². The zero-order valence-electron chi connectivity index (χ0n) is 20.0. The molecule has 0 spiro atoms. The van der Waals surface area contributed by atoms with Crippen LogP contribution in [0.4, 0.5) is 5.13 Å². The SMILES string of the molecule is COCCNC(=O)CC1CCC(c2ccc(C(=O)Nc3nnc(Cc4ccccc4)s3)cc2)CC1. The number of rotatable bonds is 10. The summed E-state index contributed by atoms with van der Waals surface area (Å²) in [5.74, 6) is 0.854. The van der Waals surface area contributed by atoms with E-state index in [0.717, 1.165) is 36.3 Å². The topological polar surface area (TPSA) is 93.2 Å². The number of amides is 2. The van der Waals surface area contributed by atoms with Crippen molar-refractivity contribution in [2.75, 3.05) is 25.6 Å². The lowest BCUT2D eigenvalue weighted by Gasteiger charge is -2.28. The van der Waals surface area contributed by atoms with Crippen molar-refractivity contribution in [3.63, 3.8) is 0 Å². The Bertz CT molecular complexity index is 1090. The normalized spacial score (nSPS) is 17.6. The lowest BCUT2D eigenvalue weighted by molar-refractivity contribution is -0.122. The predicted molar refractivity (Wildman–Crippen MR) is 138 cm³/mol. The number of carbonyl (C=O) groups is 2. The molecule has 1 fully saturated rings. The van der Waals surface area contributed by atoms with E-state index >= 15 is 0 Å². The fourth-order valence-electron chi connectivity index (χ4n) is 4.55. The van der Waals surface area contributed by atoms with Gasteiger partial charge in [-0.05, 0) is 60.8 Å². The van der Waals surface area contributed by atoms with Crippen LogP contribution in [0.15, 0.2) is 54.6 Å². The van der Waals surface area contributed by atoms with E-state index in [1.54, 1.807) is 7.11 Å². The monoisotopic (exact) mass is 492 g/mol. The Morgan fingerprint density at radius 3 is 2.46 bits per heavy atom. The maximum atomic E-state index is 12.7. The van der Waals surface area contributed by atoms with Crippen molar-refractivity contribution in [2.24, 2.45) is 5.92 Å². The second-order valence-corrected chi connectivity index (χ2v) is 10.1. The molecule has 0 unspecified atom stereocenters. The van der Waals surface area contributed by atoms with Crippen LogP contribution in [-0.4, -0.2) is 42.3 Å². The Morgan fingerprint density at radius 1 is 1.00 bits per heavy atom. The Hall–Kier alpha value is -3.10. The van der Waals surface area contributed by atoms with Gasteiger partial charge in [0.05, 0.1) is 6.61 Å². The summed E-state index contributed by atoms with van der Waals surface area (Å²) in [6.45, 7) is 1.11. The van der Waals surface area contributed by atoms with Gasteiger partial charge in [0.15, 0.2) is 0 Å². The van der Waals surface area contributed by atoms with Crippen LogP contribution in [-0.2, 0) is 16.0 Å². The molecule has 0 aliphatic heterocycles. The first-order valence-electron chi connectivity index (χ1n) is 12.1. The van der Waals surface area contributed by atoms with Crippen LogP contribution in [0.2, 0.25) is 0 Å². The predicted octanol–water partition coefficient (Wildman–Crippen LogP) is 4.81. The van der Waals surface area contributed by atoms with E-state index in [9.17, 15) is 9.59 Å². The molecule has 1 aliphatic carbocycles. The molecule has 1 saturated carbocycles. The zero-order valence-corrected chi connectivity index (χ0v) is 20.9. The third kappa shape index (κ3) is 7.44. The van der Waals surface area contributed by atoms with Crippen LogP contribution >= 0.6 is 11.3 Å². The Morgan fingerprint density at radius 2 is 1.74 bits per heavy atom. The van der Waals surface area contributed by atoms with Crippen LogP contribution in [0.1, 0.15) is 64.5 Å². The van der Waals surface area contributed by atoms with Gasteiger partial charge in [-0.2, -0.15) is 0 Å². The first-order chi connectivity index (χ1) is 17.1. The molecule has 7 nitrogen and oxygen atoms in total. The average molecular weight is 493 g/mol. The van der Waals surface area contributed by atoms with E-state index in [0.29, 0.717) is 48.5 Å². The molecule has 1 aromatic heterocycles. The molecule has 2 N–H and O–H groups in total. The van der Waals surface area contributed by atoms with Crippen LogP contribution in [0.25, 0.3) is 0 Å². The average Bonchev–Trinajstić information content (AvgIpc) is 3.32. The van der Waals surface area contributed by atoms with Crippen molar-refractivity contribution in [3.8, 4) is 0 Å². The molecule has 0 radical (unpaired) electrons. The summed E-state index contributed by atoms with van der Waals surface area (Å²) < 4.78 is 4.97. The summed E-state index contributed by atoms with van der Waals surface area (Å²) in [5, 5.41) is 15.5. The standard InChI is InChI=1S/C27H32N4O3S/c1-34-16-15-28-24(32)17-20-7-9-21(10-8-20)22-11-13-23(14-12-22)26(33)29-27-31-30-25(35-27)18-19-5-3-2-4-6-19/h2-6,11-14,20-21H,7-10,15-18H2,1H3,(H,28,32)(H,29,31,33). The number of methoxy groups -OCH3 is 1. The maximum absolute atomic E-state index is 12.7. The fourth-order valence-corrected chi connectivity index (χ4v) is 5.32. The molecule has 0 saturated heterocycles. The molecule has 8 heteroatoms. The van der Waals surface area contributed by atoms with Gasteiger partial charge in [0, 0.05) is 32.1 Å². The fraction of sp³-hybridized carbons (Fsp3) is 0.407. The summed E-state index contributed by atoms with van der Waals surface area (Å²) in [7, 11) is 1.63. The van der Waals surface area contributed by atoms with Crippen LogP contribution in [0, 0.1) is 5.92 Å². The summed E-state index contributed by atoms with van der Waals surface area (Å²) in [6.07, 6.45) is 5.52. The number of carbonyl (C=O) groups excluding carboxylic acids is 2. The van der Waals surface area contributed by atoms with Crippen LogP contribution < -0.4 is 10.6 Å². The van der Waals surface area contributed by atoms with E-state index in [-0.39, 0.29) is 11.8 Å². The van der Waals surface area contributed by atoms with Gasteiger partial charge in [0.25, 0.3) is 5.91 Å². The molecular formula is C27H32N4O3S. The highest BCUT2D eigenvalue weighted by Crippen LogP contribution is 2.37. The van der Waals surface area contributed by atoms with E-state index in [1.165, 1.54) is 16.9 Å². The quantitative estimate of drug-likeness (QED) is 0.396. The number of hydrogen-bond donors (Lipinski definition) is 2. The summed E-state index contributed by atoms with van der Waals surface area (Å²) >= 11 is 1.40. The van der Waals surface area contributed by atoms with Gasteiger partial charge in [0.1, 0.15) is 5.01 Å². The summed E-state index contributed by atoms with van der Waals surface area (Å²) in [4.78, 5) is 24.7. The lowest BCUT2D eigenvalue weighted by Crippen LogP contribution is -2.29. The van der Waals surface area contributed by atoms with Crippen molar-refractivity contribution in [1.29, 1.82) is 0 Å². The first-order valence-corrected chi connectivity index (χ1v) is 13.0. The third-order valence-electron chi connectivity index (χ3n) is 6.48. The van der Waals surface area contributed by atoms with Crippen LogP contribution in [0.5, 0.6) is 0 Å². The molecule has 0 bridgehead atoms. The molecule has 0 atom stereocenters. The molecular weight excluding hydrogens is 460 g/mol. The Labute approximate surface area is 210 Å².